The van der Waals surface area contributed by atoms with E-state index in [1.165, 1.54) is 0 Å². The van der Waals surface area contributed by atoms with Crippen molar-refractivity contribution in [1.29, 1.82) is 0 Å². The molecule has 0 radical (unpaired) electrons. The third-order valence-electron chi connectivity index (χ3n) is 4.36. The highest BCUT2D eigenvalue weighted by molar-refractivity contribution is 6.06. The van der Waals surface area contributed by atoms with Gasteiger partial charge in [-0.05, 0) is 31.2 Å². The number of para-hydroxylation sites is 1. The number of hydrogen-bond acceptors (Lipinski definition) is 5. The second-order valence-corrected chi connectivity index (χ2v) is 6.35. The van der Waals surface area contributed by atoms with Crippen molar-refractivity contribution in [3.63, 3.8) is 0 Å². The molecule has 0 bridgehead atoms. The van der Waals surface area contributed by atoms with Gasteiger partial charge in [-0.2, -0.15) is 0 Å². The van der Waals surface area contributed by atoms with Crippen LogP contribution in [0, 0.1) is 6.92 Å². The third-order valence-corrected chi connectivity index (χ3v) is 4.36. The van der Waals surface area contributed by atoms with Crippen LogP contribution in [0.3, 0.4) is 0 Å². The predicted octanol–water partition coefficient (Wildman–Crippen LogP) is 4.84. The average molecular weight is 371 g/mol. The Kier molecular flexibility index (Phi) is 4.72. The molecular weight excluding hydrogens is 354 g/mol. The summed E-state index contributed by atoms with van der Waals surface area (Å²) in [7, 11) is 0. The van der Waals surface area contributed by atoms with Crippen LogP contribution in [0.15, 0.2) is 77.2 Å². The van der Waals surface area contributed by atoms with E-state index in [4.69, 9.17) is 9.15 Å². The normalized spacial score (nSPS) is 10.8. The molecule has 0 fully saturated rings. The lowest BCUT2D eigenvalue weighted by atomic mass is 10.1. The number of carbonyl (C=O) groups excluding carboxylic acids is 2. The number of nitrogens with zero attached hydrogens (tertiary/aromatic N) is 1. The van der Waals surface area contributed by atoms with Crippen LogP contribution in [-0.2, 0) is 4.74 Å². The van der Waals surface area contributed by atoms with Crippen molar-refractivity contribution in [3.8, 4) is 11.5 Å². The molecule has 4 aromatic rings. The molecule has 4 rings (SSSR count). The molecule has 0 saturated carbocycles. The van der Waals surface area contributed by atoms with Crippen molar-refractivity contribution in [1.82, 2.24) is 4.98 Å². The summed E-state index contributed by atoms with van der Waals surface area (Å²) in [5, 5.41) is 0.659. The van der Waals surface area contributed by atoms with E-state index >= 15 is 0 Å². The van der Waals surface area contributed by atoms with Crippen LogP contribution in [0.5, 0.6) is 0 Å². The molecule has 0 atom stereocenters. The zero-order valence-electron chi connectivity index (χ0n) is 15.2. The van der Waals surface area contributed by atoms with E-state index in [-0.39, 0.29) is 12.4 Å². The Bertz CT molecular complexity index is 1160. The Morgan fingerprint density at radius 3 is 2.46 bits per heavy atom. The number of carbonyl (C=O) groups is 2. The molecule has 28 heavy (non-hydrogen) atoms. The van der Waals surface area contributed by atoms with Gasteiger partial charge in [0.15, 0.2) is 18.2 Å². The fourth-order valence-electron chi connectivity index (χ4n) is 2.96. The summed E-state index contributed by atoms with van der Waals surface area (Å²) in [5.41, 5.74) is 2.03. The highest BCUT2D eigenvalue weighted by Crippen LogP contribution is 2.26. The van der Waals surface area contributed by atoms with Gasteiger partial charge in [-0.1, -0.05) is 48.5 Å². The number of rotatable bonds is 5. The highest BCUT2D eigenvalue weighted by Gasteiger charge is 2.18. The number of hydrogen-bond donors (Lipinski definition) is 0. The van der Waals surface area contributed by atoms with Gasteiger partial charge in [-0.3, -0.25) is 4.79 Å². The minimum Gasteiger partial charge on any atom is -0.460 e. The summed E-state index contributed by atoms with van der Waals surface area (Å²) < 4.78 is 10.9. The summed E-state index contributed by atoms with van der Waals surface area (Å²) >= 11 is 0. The maximum absolute atomic E-state index is 12.8. The van der Waals surface area contributed by atoms with Crippen LogP contribution in [0.25, 0.3) is 22.4 Å². The van der Waals surface area contributed by atoms with Crippen LogP contribution >= 0.6 is 0 Å². The number of benzene rings is 2. The fraction of sp³-hybridized carbons (Fsp3) is 0.0870. The molecule has 0 aliphatic heterocycles. The molecule has 0 N–H and O–H groups in total. The van der Waals surface area contributed by atoms with Crippen LogP contribution in [-0.4, -0.2) is 23.3 Å². The fourth-order valence-corrected chi connectivity index (χ4v) is 2.96. The summed E-state index contributed by atoms with van der Waals surface area (Å²) in [6, 6.07) is 21.3. The number of ketones is 1. The third kappa shape index (κ3) is 3.55. The molecule has 0 saturated heterocycles. The van der Waals surface area contributed by atoms with E-state index < -0.39 is 5.97 Å². The summed E-state index contributed by atoms with van der Waals surface area (Å²) in [6.07, 6.45) is 0. The molecule has 5 heteroatoms. The topological polar surface area (TPSA) is 69.4 Å². The molecule has 138 valence electrons. The van der Waals surface area contributed by atoms with Crippen molar-refractivity contribution in [3.05, 3.63) is 89.7 Å². The Hall–Kier alpha value is -3.73. The van der Waals surface area contributed by atoms with Crippen molar-refractivity contribution in [2.24, 2.45) is 0 Å². The van der Waals surface area contributed by atoms with E-state index in [1.807, 2.05) is 37.3 Å². The molecule has 2 heterocycles. The maximum Gasteiger partial charge on any atom is 0.339 e. The van der Waals surface area contributed by atoms with Gasteiger partial charge in [-0.15, -0.1) is 0 Å². The molecule has 0 unspecified atom stereocenters. The second-order valence-electron chi connectivity index (χ2n) is 6.35. The summed E-state index contributed by atoms with van der Waals surface area (Å²) in [4.78, 5) is 29.6. The number of pyridine rings is 1. The molecule has 2 aromatic heterocycles. The Morgan fingerprint density at radius 2 is 1.71 bits per heavy atom. The van der Waals surface area contributed by atoms with E-state index in [0.717, 1.165) is 5.76 Å². The van der Waals surface area contributed by atoms with E-state index in [0.29, 0.717) is 33.5 Å². The largest absolute Gasteiger partial charge is 0.460 e. The molecular formula is C23H17NO4. The van der Waals surface area contributed by atoms with Gasteiger partial charge in [0, 0.05) is 10.9 Å². The minimum atomic E-state index is -0.576. The van der Waals surface area contributed by atoms with E-state index in [9.17, 15) is 9.59 Å². The van der Waals surface area contributed by atoms with Crippen molar-refractivity contribution < 1.29 is 18.7 Å². The van der Waals surface area contributed by atoms with Gasteiger partial charge < -0.3 is 9.15 Å². The van der Waals surface area contributed by atoms with Crippen molar-refractivity contribution in [2.75, 3.05) is 6.61 Å². The van der Waals surface area contributed by atoms with Gasteiger partial charge in [0.1, 0.15) is 11.5 Å². The molecule has 5 nitrogen and oxygen atoms in total. The van der Waals surface area contributed by atoms with Gasteiger partial charge in [0.2, 0.25) is 0 Å². The molecule has 0 amide bonds. The first-order chi connectivity index (χ1) is 13.6. The molecule has 0 aliphatic carbocycles. The Morgan fingerprint density at radius 1 is 0.964 bits per heavy atom. The van der Waals surface area contributed by atoms with Crippen LogP contribution in [0.4, 0.5) is 0 Å². The Labute approximate surface area is 161 Å². The number of aromatic nitrogens is 1. The number of fused-ring (bicyclic) bond motifs is 1. The minimum absolute atomic E-state index is 0.255. The first-order valence-electron chi connectivity index (χ1n) is 8.84. The zero-order valence-corrected chi connectivity index (χ0v) is 15.2. The summed E-state index contributed by atoms with van der Waals surface area (Å²) in [6.45, 7) is 1.52. The SMILES string of the molecule is Cc1ccc(-c2cc(C(=O)OCC(=O)c3ccccc3)c3ccccc3n2)o1. The lowest BCUT2D eigenvalue weighted by Crippen LogP contribution is -2.14. The summed E-state index contributed by atoms with van der Waals surface area (Å²) in [5.74, 6) is 0.488. The van der Waals surface area contributed by atoms with E-state index in [2.05, 4.69) is 4.98 Å². The monoisotopic (exact) mass is 371 g/mol. The zero-order chi connectivity index (χ0) is 19.5. The van der Waals surface area contributed by atoms with E-state index in [1.54, 1.807) is 42.5 Å². The lowest BCUT2D eigenvalue weighted by Gasteiger charge is -2.09. The van der Waals surface area contributed by atoms with Gasteiger partial charge in [-0.25, -0.2) is 9.78 Å². The number of furan rings is 1. The van der Waals surface area contributed by atoms with Gasteiger partial charge in [0.05, 0.1) is 11.1 Å². The van der Waals surface area contributed by atoms with Crippen molar-refractivity contribution >= 4 is 22.7 Å². The second kappa shape index (κ2) is 7.48. The van der Waals surface area contributed by atoms with Crippen molar-refractivity contribution in [2.45, 2.75) is 6.92 Å². The standard InChI is InChI=1S/C23H17NO4/c1-15-11-12-22(28-15)20-13-18(17-9-5-6-10-19(17)24-20)23(26)27-14-21(25)16-7-3-2-4-8-16/h2-13H,14H2,1H3. The number of ether oxygens (including phenoxy) is 1. The quantitative estimate of drug-likeness (QED) is 0.371. The average Bonchev–Trinajstić information content (AvgIpc) is 3.18. The maximum atomic E-state index is 12.8. The first kappa shape index (κ1) is 17.7. The lowest BCUT2D eigenvalue weighted by molar-refractivity contribution is 0.0476. The Balaban J connectivity index is 1.65. The van der Waals surface area contributed by atoms with Crippen LogP contribution in [0.1, 0.15) is 26.5 Å². The molecule has 0 aliphatic rings. The van der Waals surface area contributed by atoms with Gasteiger partial charge >= 0.3 is 5.97 Å². The first-order valence-corrected chi connectivity index (χ1v) is 8.84. The number of aryl methyl sites for hydroxylation is 1. The van der Waals surface area contributed by atoms with Crippen LogP contribution in [0.2, 0.25) is 0 Å². The van der Waals surface area contributed by atoms with Crippen LogP contribution < -0.4 is 0 Å². The number of esters is 1. The molecule has 0 spiro atoms. The smallest absolute Gasteiger partial charge is 0.339 e. The van der Waals surface area contributed by atoms with Gasteiger partial charge in [0.25, 0.3) is 0 Å². The highest BCUT2D eigenvalue weighted by atomic mass is 16.5. The predicted molar refractivity (Wildman–Crippen MR) is 105 cm³/mol. The number of Topliss-reactive ketones (excluding diaryl/α,β-unsaturated/α-hetero) is 1. The molecule has 2 aromatic carbocycles.